The second-order valence-corrected chi connectivity index (χ2v) is 10.1. The number of hydrogen-bond donors (Lipinski definition) is 3. The lowest BCUT2D eigenvalue weighted by Crippen LogP contribution is -2.39. The minimum Gasteiger partial charge on any atom is -0.506 e. The average Bonchev–Trinajstić information content (AvgIpc) is 3.10. The van der Waals surface area contributed by atoms with Gasteiger partial charge in [-0.25, -0.2) is 4.79 Å². The molecule has 1 aromatic carbocycles. The number of phenolic OH excluding ortho intramolecular Hbond substituents is 1. The summed E-state index contributed by atoms with van der Waals surface area (Å²) in [6, 6.07) is 3.02. The van der Waals surface area contributed by atoms with Gasteiger partial charge in [0.25, 0.3) is 0 Å². The molecule has 32 heavy (non-hydrogen) atoms. The summed E-state index contributed by atoms with van der Waals surface area (Å²) in [5, 5.41) is 20.9. The maximum Gasteiger partial charge on any atom is 0.410 e. The fourth-order valence-corrected chi connectivity index (χ4v) is 4.44. The van der Waals surface area contributed by atoms with Crippen molar-refractivity contribution in [1.82, 2.24) is 9.88 Å². The van der Waals surface area contributed by atoms with Crippen molar-refractivity contribution >= 4 is 35.5 Å². The molecule has 0 saturated carbocycles. The van der Waals surface area contributed by atoms with Crippen LogP contribution in [0.2, 0.25) is 6.32 Å². The highest BCUT2D eigenvalue weighted by Gasteiger charge is 2.25. The number of aliphatic hydroxyl groups is 1. The zero-order valence-electron chi connectivity index (χ0n) is 19.4. The number of nitrogens with one attached hydrogen (secondary N) is 1. The molecule has 0 unspecified atom stereocenters. The molecule has 2 radical (unpaired) electrons. The lowest BCUT2D eigenvalue weighted by Gasteiger charge is -2.29. The quantitative estimate of drug-likeness (QED) is 0.308. The number of nitrogens with zero attached hydrogens (tertiary/aromatic N) is 1. The molecule has 0 bridgehead atoms. The van der Waals surface area contributed by atoms with E-state index < -0.39 is 17.8 Å². The lowest BCUT2D eigenvalue weighted by molar-refractivity contribution is 0.0142. The summed E-state index contributed by atoms with van der Waals surface area (Å²) in [5.74, 6) is -0.0511. The Labute approximate surface area is 195 Å². The van der Waals surface area contributed by atoms with E-state index in [1.54, 1.807) is 6.07 Å². The molecule has 1 amide bonds. The third-order valence-corrected chi connectivity index (χ3v) is 6.06. The number of carbonyl (C=O) groups is 1. The van der Waals surface area contributed by atoms with Crippen LogP contribution < -0.4 is 4.87 Å². The lowest BCUT2D eigenvalue weighted by atomic mass is 9.98. The summed E-state index contributed by atoms with van der Waals surface area (Å²) in [6.07, 6.45) is 6.65. The molecule has 2 rings (SSSR count). The number of rotatable bonds is 12. The fraction of sp³-hybridized carbons (Fsp3) is 0.652. The zero-order valence-corrected chi connectivity index (χ0v) is 20.2. The SMILES string of the molecule is [B]CCCCCCCCCN(C[C@H](O)c1ccc(O)c2[nH]c(=O)sc12)C(=O)OC(C)(C)C. The van der Waals surface area contributed by atoms with Gasteiger partial charge in [-0.05, 0) is 33.3 Å². The summed E-state index contributed by atoms with van der Waals surface area (Å²) in [5.41, 5.74) is 0.152. The van der Waals surface area contributed by atoms with Crippen molar-refractivity contribution < 1.29 is 19.7 Å². The zero-order chi connectivity index (χ0) is 23.7. The van der Waals surface area contributed by atoms with Crippen molar-refractivity contribution in [2.24, 2.45) is 0 Å². The third-order valence-electron chi connectivity index (χ3n) is 5.12. The van der Waals surface area contributed by atoms with Gasteiger partial charge in [0.1, 0.15) is 16.9 Å². The van der Waals surface area contributed by atoms with Crippen molar-refractivity contribution in [1.29, 1.82) is 0 Å². The monoisotopic (exact) mass is 462 g/mol. The first-order chi connectivity index (χ1) is 15.1. The predicted octanol–water partition coefficient (Wildman–Crippen LogP) is 4.88. The number of benzene rings is 1. The van der Waals surface area contributed by atoms with Crippen LogP contribution in [0.15, 0.2) is 16.9 Å². The van der Waals surface area contributed by atoms with Gasteiger partial charge < -0.3 is 24.8 Å². The van der Waals surface area contributed by atoms with Gasteiger partial charge in [-0.2, -0.15) is 0 Å². The molecule has 3 N–H and O–H groups in total. The standard InChI is InChI=1S/C23H35BN2O5S/c1-23(2,3)31-22(30)26(14-10-8-6-4-5-7-9-13-24)15-18(28)16-11-12-17(27)19-20(16)32-21(29)25-19/h11-12,18,27-28H,4-10,13-15H2,1-3H3,(H,25,29)/t18-/m0/s1. The number of aromatic amines is 1. The van der Waals surface area contributed by atoms with Crippen molar-refractivity contribution in [3.63, 3.8) is 0 Å². The molecule has 0 aliphatic carbocycles. The Hall–Kier alpha value is -2.00. The van der Waals surface area contributed by atoms with Crippen molar-refractivity contribution in [2.45, 2.75) is 83.7 Å². The first-order valence-electron chi connectivity index (χ1n) is 11.3. The number of ether oxygens (including phenoxy) is 1. The molecule has 0 saturated heterocycles. The Morgan fingerprint density at radius 2 is 1.78 bits per heavy atom. The number of carbonyl (C=O) groups excluding carboxylic acids is 1. The molecule has 176 valence electrons. The predicted molar refractivity (Wildman–Crippen MR) is 130 cm³/mol. The molecule has 0 fully saturated rings. The Morgan fingerprint density at radius 1 is 1.16 bits per heavy atom. The molecule has 1 atom stereocenters. The number of unbranched alkanes of at least 4 members (excludes halogenated alkanes) is 6. The molecule has 9 heteroatoms. The summed E-state index contributed by atoms with van der Waals surface area (Å²) >= 11 is 0.926. The number of amides is 1. The first-order valence-corrected chi connectivity index (χ1v) is 12.1. The molecule has 1 aromatic heterocycles. The highest BCUT2D eigenvalue weighted by molar-refractivity contribution is 7.16. The highest BCUT2D eigenvalue weighted by atomic mass is 32.1. The third kappa shape index (κ3) is 8.17. The number of thiazole rings is 1. The molecule has 0 spiro atoms. The van der Waals surface area contributed by atoms with Gasteiger partial charge in [-0.15, -0.1) is 0 Å². The second kappa shape index (κ2) is 12.3. The Kier molecular flexibility index (Phi) is 10.1. The van der Waals surface area contributed by atoms with Crippen molar-refractivity contribution in [2.75, 3.05) is 13.1 Å². The number of aromatic nitrogens is 1. The smallest absolute Gasteiger partial charge is 0.410 e. The van der Waals surface area contributed by atoms with Gasteiger partial charge in [0, 0.05) is 12.1 Å². The van der Waals surface area contributed by atoms with E-state index in [1.165, 1.54) is 17.4 Å². The number of phenols is 1. The van der Waals surface area contributed by atoms with Gasteiger partial charge in [-0.1, -0.05) is 62.2 Å². The number of aromatic hydroxyl groups is 1. The summed E-state index contributed by atoms with van der Waals surface area (Å²) in [6.45, 7) is 5.93. The van der Waals surface area contributed by atoms with Crippen LogP contribution in [0.3, 0.4) is 0 Å². The van der Waals surface area contributed by atoms with Crippen LogP contribution in [0, 0.1) is 0 Å². The molecular formula is C23H35BN2O5S. The topological polar surface area (TPSA) is 103 Å². The first kappa shape index (κ1) is 26.3. The normalized spacial score (nSPS) is 12.8. The number of H-pyrrole nitrogens is 1. The fourth-order valence-electron chi connectivity index (χ4n) is 3.52. The summed E-state index contributed by atoms with van der Waals surface area (Å²) in [4.78, 5) is 28.3. The van der Waals surface area contributed by atoms with Crippen LogP contribution in [-0.2, 0) is 4.74 Å². The Morgan fingerprint density at radius 3 is 2.41 bits per heavy atom. The van der Waals surface area contributed by atoms with Gasteiger partial charge in [0.2, 0.25) is 0 Å². The molecule has 0 aliphatic heterocycles. The van der Waals surface area contributed by atoms with Crippen LogP contribution in [0.4, 0.5) is 4.79 Å². The largest absolute Gasteiger partial charge is 0.506 e. The summed E-state index contributed by atoms with van der Waals surface area (Å²) in [7, 11) is 5.52. The van der Waals surface area contributed by atoms with Gasteiger partial charge in [0.15, 0.2) is 0 Å². The Balaban J connectivity index is 2.03. The second-order valence-electron chi connectivity index (χ2n) is 9.10. The van der Waals surface area contributed by atoms with E-state index >= 15 is 0 Å². The van der Waals surface area contributed by atoms with E-state index in [0.29, 0.717) is 22.3 Å². The van der Waals surface area contributed by atoms with Crippen LogP contribution in [0.1, 0.15) is 77.4 Å². The molecular weight excluding hydrogens is 427 g/mol. The van der Waals surface area contributed by atoms with Gasteiger partial charge in [0.05, 0.1) is 25.2 Å². The average molecular weight is 462 g/mol. The maximum absolute atomic E-state index is 12.8. The van der Waals surface area contributed by atoms with E-state index in [9.17, 15) is 19.8 Å². The number of hydrogen-bond acceptors (Lipinski definition) is 6. The van der Waals surface area contributed by atoms with Crippen LogP contribution in [-0.4, -0.2) is 52.7 Å². The molecule has 0 aliphatic rings. The minimum atomic E-state index is -1.02. The highest BCUT2D eigenvalue weighted by Crippen LogP contribution is 2.32. The van der Waals surface area contributed by atoms with E-state index in [0.717, 1.165) is 56.2 Å². The Bertz CT molecular complexity index is 921. The van der Waals surface area contributed by atoms with E-state index in [2.05, 4.69) is 4.98 Å². The van der Waals surface area contributed by atoms with Crippen molar-refractivity contribution in [3.8, 4) is 5.75 Å². The minimum absolute atomic E-state index is 0.0391. The van der Waals surface area contributed by atoms with E-state index in [4.69, 9.17) is 12.6 Å². The van der Waals surface area contributed by atoms with E-state index in [1.807, 2.05) is 20.8 Å². The molecule has 2 aromatic rings. The van der Waals surface area contributed by atoms with Gasteiger partial charge in [-0.3, -0.25) is 4.79 Å². The van der Waals surface area contributed by atoms with Crippen LogP contribution >= 0.6 is 11.3 Å². The molecule has 1 heterocycles. The summed E-state index contributed by atoms with van der Waals surface area (Å²) < 4.78 is 6.03. The van der Waals surface area contributed by atoms with Crippen LogP contribution in [0.5, 0.6) is 5.75 Å². The maximum atomic E-state index is 12.8. The number of aliphatic hydroxyl groups excluding tert-OH is 1. The van der Waals surface area contributed by atoms with Crippen molar-refractivity contribution in [3.05, 3.63) is 27.4 Å². The van der Waals surface area contributed by atoms with Crippen LogP contribution in [0.25, 0.3) is 10.2 Å². The van der Waals surface area contributed by atoms with Gasteiger partial charge >= 0.3 is 11.0 Å². The number of fused-ring (bicyclic) bond motifs is 1. The van der Waals surface area contributed by atoms with E-state index in [-0.39, 0.29) is 17.2 Å². The molecule has 7 nitrogen and oxygen atoms in total.